The highest BCUT2D eigenvalue weighted by Crippen LogP contribution is 2.23. The molecule has 4 nitrogen and oxygen atoms in total. The number of aryl methyl sites for hydroxylation is 1. The van der Waals surface area contributed by atoms with Crippen LogP contribution in [-0.4, -0.2) is 20.5 Å². The first-order valence-electron chi connectivity index (χ1n) is 6.94. The Morgan fingerprint density at radius 2 is 1.95 bits per heavy atom. The minimum absolute atomic E-state index is 0.751. The molecule has 108 valence electrons. The fourth-order valence-electron chi connectivity index (χ4n) is 2.15. The molecule has 21 heavy (non-hydrogen) atoms. The maximum absolute atomic E-state index is 5.36. The minimum Gasteiger partial charge on any atom is -0.461 e. The summed E-state index contributed by atoms with van der Waals surface area (Å²) in [6.45, 7) is 0. The number of hydrogen-bond donors (Lipinski definition) is 0. The van der Waals surface area contributed by atoms with Crippen LogP contribution in [0.1, 0.15) is 12.0 Å². The van der Waals surface area contributed by atoms with E-state index in [9.17, 15) is 0 Å². The molecule has 0 aliphatic carbocycles. The Hall–Kier alpha value is -2.01. The highest BCUT2D eigenvalue weighted by atomic mass is 32.2. The van der Waals surface area contributed by atoms with Gasteiger partial charge in [0, 0.05) is 12.8 Å². The average molecular weight is 299 g/mol. The first kappa shape index (κ1) is 13.9. The lowest BCUT2D eigenvalue weighted by Gasteiger charge is -2.03. The Balaban J connectivity index is 1.54. The number of thioether (sulfide) groups is 1. The molecule has 0 saturated heterocycles. The fraction of sp³-hybridized carbons (Fsp3) is 0.250. The second kappa shape index (κ2) is 6.63. The molecule has 0 amide bonds. The largest absolute Gasteiger partial charge is 0.461 e. The summed E-state index contributed by atoms with van der Waals surface area (Å²) in [6.07, 6.45) is 3.87. The minimum atomic E-state index is 0.751. The molecule has 0 N–H and O–H groups in total. The third-order valence-electron chi connectivity index (χ3n) is 3.26. The van der Waals surface area contributed by atoms with Gasteiger partial charge in [0.05, 0.1) is 6.26 Å². The lowest BCUT2D eigenvalue weighted by molar-refractivity contribution is 0.572. The van der Waals surface area contributed by atoms with Crippen molar-refractivity contribution in [2.24, 2.45) is 7.05 Å². The molecule has 2 heterocycles. The van der Waals surface area contributed by atoms with Gasteiger partial charge in [0.15, 0.2) is 16.7 Å². The Labute approximate surface area is 128 Å². The lowest BCUT2D eigenvalue weighted by atomic mass is 10.1. The molecule has 0 spiro atoms. The Morgan fingerprint density at radius 3 is 2.71 bits per heavy atom. The zero-order valence-electron chi connectivity index (χ0n) is 11.9. The van der Waals surface area contributed by atoms with Crippen LogP contribution in [0.5, 0.6) is 0 Å². The molecule has 0 aliphatic heterocycles. The van der Waals surface area contributed by atoms with E-state index < -0.39 is 0 Å². The van der Waals surface area contributed by atoms with Crippen molar-refractivity contribution in [3.8, 4) is 11.6 Å². The monoisotopic (exact) mass is 299 g/mol. The molecular formula is C16H17N3OS. The number of benzene rings is 1. The SMILES string of the molecule is Cn1c(SCCCc2ccccc2)nnc1-c1ccco1. The highest BCUT2D eigenvalue weighted by Gasteiger charge is 2.12. The topological polar surface area (TPSA) is 43.9 Å². The molecule has 1 aromatic carbocycles. The second-order valence-corrected chi connectivity index (χ2v) is 5.84. The van der Waals surface area contributed by atoms with Crippen molar-refractivity contribution in [3.63, 3.8) is 0 Å². The summed E-state index contributed by atoms with van der Waals surface area (Å²) in [7, 11) is 1.97. The Kier molecular flexibility index (Phi) is 4.40. The van der Waals surface area contributed by atoms with Gasteiger partial charge < -0.3 is 8.98 Å². The van der Waals surface area contributed by atoms with Gasteiger partial charge in [0.2, 0.25) is 0 Å². The first-order valence-corrected chi connectivity index (χ1v) is 7.93. The van der Waals surface area contributed by atoms with Crippen molar-refractivity contribution in [1.29, 1.82) is 0 Å². The van der Waals surface area contributed by atoms with Crippen LogP contribution in [0.15, 0.2) is 58.3 Å². The van der Waals surface area contributed by atoms with Crippen LogP contribution in [0.2, 0.25) is 0 Å². The number of furan rings is 1. The predicted octanol–water partition coefficient (Wildman–Crippen LogP) is 3.80. The smallest absolute Gasteiger partial charge is 0.200 e. The number of nitrogens with zero attached hydrogens (tertiary/aromatic N) is 3. The molecule has 0 fully saturated rings. The Morgan fingerprint density at radius 1 is 1.10 bits per heavy atom. The van der Waals surface area contributed by atoms with E-state index in [-0.39, 0.29) is 0 Å². The van der Waals surface area contributed by atoms with E-state index in [1.165, 1.54) is 5.56 Å². The van der Waals surface area contributed by atoms with Crippen molar-refractivity contribution >= 4 is 11.8 Å². The van der Waals surface area contributed by atoms with Gasteiger partial charge >= 0.3 is 0 Å². The molecule has 3 rings (SSSR count). The molecule has 3 aromatic rings. The summed E-state index contributed by atoms with van der Waals surface area (Å²) in [5.74, 6) is 2.55. The van der Waals surface area contributed by atoms with Gasteiger partial charge in [-0.3, -0.25) is 0 Å². The molecule has 0 aliphatic rings. The second-order valence-electron chi connectivity index (χ2n) is 4.78. The predicted molar refractivity (Wildman–Crippen MR) is 84.2 cm³/mol. The maximum Gasteiger partial charge on any atom is 0.200 e. The van der Waals surface area contributed by atoms with Crippen LogP contribution in [0.25, 0.3) is 11.6 Å². The van der Waals surface area contributed by atoms with E-state index in [1.54, 1.807) is 18.0 Å². The third-order valence-corrected chi connectivity index (χ3v) is 4.37. The highest BCUT2D eigenvalue weighted by molar-refractivity contribution is 7.99. The van der Waals surface area contributed by atoms with Crippen LogP contribution in [0.4, 0.5) is 0 Å². The van der Waals surface area contributed by atoms with Crippen LogP contribution in [0, 0.1) is 0 Å². The summed E-state index contributed by atoms with van der Waals surface area (Å²) in [5, 5.41) is 9.35. The molecule has 0 atom stereocenters. The summed E-state index contributed by atoms with van der Waals surface area (Å²) >= 11 is 1.73. The lowest BCUT2D eigenvalue weighted by Crippen LogP contribution is -1.95. The van der Waals surface area contributed by atoms with Crippen LogP contribution < -0.4 is 0 Å². The van der Waals surface area contributed by atoms with Crippen LogP contribution in [-0.2, 0) is 13.5 Å². The summed E-state index contributed by atoms with van der Waals surface area (Å²) in [6, 6.07) is 14.3. The molecule has 5 heteroatoms. The number of rotatable bonds is 6. The number of aromatic nitrogens is 3. The molecule has 2 aromatic heterocycles. The van der Waals surface area contributed by atoms with Gasteiger partial charge in [-0.05, 0) is 30.5 Å². The molecular weight excluding hydrogens is 282 g/mol. The van der Waals surface area contributed by atoms with E-state index in [4.69, 9.17) is 4.42 Å². The molecule has 0 unspecified atom stereocenters. The van der Waals surface area contributed by atoms with Crippen molar-refractivity contribution in [2.75, 3.05) is 5.75 Å². The van der Waals surface area contributed by atoms with E-state index in [1.807, 2.05) is 29.8 Å². The zero-order chi connectivity index (χ0) is 14.5. The van der Waals surface area contributed by atoms with E-state index in [2.05, 4.69) is 34.5 Å². The number of hydrogen-bond acceptors (Lipinski definition) is 4. The zero-order valence-corrected chi connectivity index (χ0v) is 12.7. The van der Waals surface area contributed by atoms with Gasteiger partial charge in [0.25, 0.3) is 0 Å². The van der Waals surface area contributed by atoms with E-state index in [0.29, 0.717) is 0 Å². The molecule has 0 bridgehead atoms. The van der Waals surface area contributed by atoms with Crippen molar-refractivity contribution in [1.82, 2.24) is 14.8 Å². The van der Waals surface area contributed by atoms with Gasteiger partial charge in [-0.2, -0.15) is 0 Å². The van der Waals surface area contributed by atoms with Gasteiger partial charge in [-0.15, -0.1) is 10.2 Å². The van der Waals surface area contributed by atoms with Gasteiger partial charge in [0.1, 0.15) is 0 Å². The summed E-state index contributed by atoms with van der Waals surface area (Å²) in [4.78, 5) is 0. The van der Waals surface area contributed by atoms with Crippen molar-refractivity contribution < 1.29 is 4.42 Å². The van der Waals surface area contributed by atoms with E-state index >= 15 is 0 Å². The Bertz CT molecular complexity index is 677. The van der Waals surface area contributed by atoms with Crippen molar-refractivity contribution in [2.45, 2.75) is 18.0 Å². The van der Waals surface area contributed by atoms with Gasteiger partial charge in [-0.1, -0.05) is 42.1 Å². The molecule has 0 saturated carbocycles. The van der Waals surface area contributed by atoms with Crippen LogP contribution in [0.3, 0.4) is 0 Å². The molecule has 0 radical (unpaired) electrons. The average Bonchev–Trinajstić information content (AvgIpc) is 3.15. The summed E-state index contributed by atoms with van der Waals surface area (Å²) in [5.41, 5.74) is 1.38. The first-order chi connectivity index (χ1) is 10.3. The maximum atomic E-state index is 5.36. The standard InChI is InChI=1S/C16H17N3OS/c1-19-15(14-10-5-11-20-14)17-18-16(19)21-12-6-9-13-7-3-2-4-8-13/h2-5,7-8,10-11H,6,9,12H2,1H3. The fourth-order valence-corrected chi connectivity index (χ4v) is 3.00. The van der Waals surface area contributed by atoms with Gasteiger partial charge in [-0.25, -0.2) is 0 Å². The van der Waals surface area contributed by atoms with Crippen LogP contribution >= 0.6 is 11.8 Å². The van der Waals surface area contributed by atoms with E-state index in [0.717, 1.165) is 35.3 Å². The summed E-state index contributed by atoms with van der Waals surface area (Å²) < 4.78 is 7.34. The third kappa shape index (κ3) is 3.36. The van der Waals surface area contributed by atoms with Crippen molar-refractivity contribution in [3.05, 3.63) is 54.3 Å². The normalized spacial score (nSPS) is 10.9. The quantitative estimate of drug-likeness (QED) is 0.513.